The molecule has 26 heavy (non-hydrogen) atoms. The quantitative estimate of drug-likeness (QED) is 0.802. The molecule has 0 amide bonds. The Kier molecular flexibility index (Phi) is 5.46. The number of rotatable bonds is 4. The molecule has 2 N–H and O–H groups in total. The Morgan fingerprint density at radius 3 is 2.73 bits per heavy atom. The second-order valence-electron chi connectivity index (χ2n) is 6.01. The zero-order chi connectivity index (χ0) is 18.7. The molecule has 0 spiro atoms. The third kappa shape index (κ3) is 3.67. The maximum Gasteiger partial charge on any atom is 0.340 e. The van der Waals surface area contributed by atoms with Crippen molar-refractivity contribution >= 4 is 34.3 Å². The van der Waals surface area contributed by atoms with Crippen LogP contribution in [0.1, 0.15) is 39.8 Å². The first-order chi connectivity index (χ1) is 12.5. The van der Waals surface area contributed by atoms with E-state index in [0.717, 1.165) is 39.1 Å². The molecule has 0 radical (unpaired) electrons. The number of esters is 1. The maximum absolute atomic E-state index is 12.1. The van der Waals surface area contributed by atoms with Crippen LogP contribution in [0.25, 0.3) is 0 Å². The van der Waals surface area contributed by atoms with E-state index in [1.54, 1.807) is 18.7 Å². The van der Waals surface area contributed by atoms with Crippen LogP contribution in [-0.4, -0.2) is 34.2 Å². The number of benzene rings is 1. The highest BCUT2D eigenvalue weighted by molar-refractivity contribution is 8.14. The first kappa shape index (κ1) is 18.3. The average Bonchev–Trinajstić information content (AvgIpc) is 2.92. The summed E-state index contributed by atoms with van der Waals surface area (Å²) in [7, 11) is 0. The molecule has 0 saturated carbocycles. The number of amidine groups is 1. The van der Waals surface area contributed by atoms with E-state index in [1.165, 1.54) is 0 Å². The minimum atomic E-state index is -0.302. The molecular formula is C19H22N4O2S. The number of carbonyl (C=O) groups is 1. The summed E-state index contributed by atoms with van der Waals surface area (Å²) in [6, 6.07) is 7.97. The van der Waals surface area contributed by atoms with E-state index in [-0.39, 0.29) is 5.97 Å². The number of aromatic amines is 1. The van der Waals surface area contributed by atoms with Crippen LogP contribution in [0.4, 0.5) is 5.69 Å². The van der Waals surface area contributed by atoms with Crippen LogP contribution in [0.2, 0.25) is 0 Å². The van der Waals surface area contributed by atoms with Crippen LogP contribution in [0.15, 0.2) is 34.4 Å². The van der Waals surface area contributed by atoms with E-state index in [9.17, 15) is 4.79 Å². The van der Waals surface area contributed by atoms with Crippen molar-refractivity contribution in [2.24, 2.45) is 10.1 Å². The molecule has 1 aliphatic rings. The Labute approximate surface area is 157 Å². The lowest BCUT2D eigenvalue weighted by Crippen LogP contribution is -2.26. The van der Waals surface area contributed by atoms with E-state index in [4.69, 9.17) is 4.74 Å². The SMILES string of the molecule is CCOC(=O)c1c(C)[nH]c(C2=NNC(=Nc3ccccc3C)SC2)c1C. The standard InChI is InChI=1S/C19H22N4O2S/c1-5-25-18(24)16-12(3)17(20-13(16)4)15-10-26-19(23-22-15)21-14-9-7-6-8-11(14)2/h6-9,20H,5,10H2,1-4H3,(H,21,23). The van der Waals surface area contributed by atoms with Gasteiger partial charge in [-0.2, -0.15) is 5.10 Å². The van der Waals surface area contributed by atoms with Crippen molar-refractivity contribution < 1.29 is 9.53 Å². The number of H-pyrrole nitrogens is 1. The fraction of sp³-hybridized carbons (Fsp3) is 0.316. The van der Waals surface area contributed by atoms with Crippen LogP contribution < -0.4 is 5.43 Å². The fourth-order valence-electron chi connectivity index (χ4n) is 2.85. The van der Waals surface area contributed by atoms with Crippen molar-refractivity contribution in [3.05, 3.63) is 52.3 Å². The number of carbonyl (C=O) groups excluding carboxylic acids is 1. The van der Waals surface area contributed by atoms with Gasteiger partial charge in [0.05, 0.1) is 29.3 Å². The molecule has 1 aromatic carbocycles. The predicted molar refractivity (Wildman–Crippen MR) is 107 cm³/mol. The van der Waals surface area contributed by atoms with Crippen LogP contribution in [0.3, 0.4) is 0 Å². The number of hydrazone groups is 1. The van der Waals surface area contributed by atoms with E-state index in [0.29, 0.717) is 17.9 Å². The highest BCUT2D eigenvalue weighted by Crippen LogP contribution is 2.24. The molecular weight excluding hydrogens is 348 g/mol. The number of nitrogens with zero attached hydrogens (tertiary/aromatic N) is 2. The Hall–Kier alpha value is -2.54. The number of hydrogen-bond acceptors (Lipinski definition) is 5. The van der Waals surface area contributed by atoms with Gasteiger partial charge in [0.25, 0.3) is 0 Å². The smallest absolute Gasteiger partial charge is 0.340 e. The summed E-state index contributed by atoms with van der Waals surface area (Å²) >= 11 is 1.58. The van der Waals surface area contributed by atoms with Gasteiger partial charge >= 0.3 is 5.97 Å². The lowest BCUT2D eigenvalue weighted by molar-refractivity contribution is 0.0525. The summed E-state index contributed by atoms with van der Waals surface area (Å²) in [5, 5.41) is 5.22. The molecule has 7 heteroatoms. The Morgan fingerprint density at radius 1 is 1.31 bits per heavy atom. The van der Waals surface area contributed by atoms with Gasteiger partial charge < -0.3 is 9.72 Å². The topological polar surface area (TPSA) is 78.8 Å². The maximum atomic E-state index is 12.1. The number of hydrogen-bond donors (Lipinski definition) is 2. The summed E-state index contributed by atoms with van der Waals surface area (Å²) < 4.78 is 5.15. The summed E-state index contributed by atoms with van der Waals surface area (Å²) in [5.41, 5.74) is 9.03. The van der Waals surface area contributed by atoms with Crippen molar-refractivity contribution in [3.63, 3.8) is 0 Å². The van der Waals surface area contributed by atoms with E-state index in [2.05, 4.69) is 20.5 Å². The molecule has 1 aliphatic heterocycles. The van der Waals surface area contributed by atoms with E-state index < -0.39 is 0 Å². The van der Waals surface area contributed by atoms with Crippen LogP contribution in [-0.2, 0) is 4.74 Å². The summed E-state index contributed by atoms with van der Waals surface area (Å²) in [5.74, 6) is 0.365. The first-order valence-corrected chi connectivity index (χ1v) is 9.46. The van der Waals surface area contributed by atoms with Crippen molar-refractivity contribution in [2.75, 3.05) is 12.4 Å². The first-order valence-electron chi connectivity index (χ1n) is 8.47. The fourth-order valence-corrected chi connectivity index (χ4v) is 3.60. The molecule has 1 aromatic heterocycles. The molecule has 2 heterocycles. The molecule has 6 nitrogen and oxygen atoms in total. The summed E-state index contributed by atoms with van der Waals surface area (Å²) in [6.07, 6.45) is 0. The number of thioether (sulfide) groups is 1. The molecule has 3 rings (SSSR count). The highest BCUT2D eigenvalue weighted by Gasteiger charge is 2.23. The number of ether oxygens (including phenoxy) is 1. The average molecular weight is 370 g/mol. The number of aromatic nitrogens is 1. The highest BCUT2D eigenvalue weighted by atomic mass is 32.2. The third-order valence-electron chi connectivity index (χ3n) is 4.18. The Balaban J connectivity index is 1.83. The van der Waals surface area contributed by atoms with Gasteiger partial charge in [-0.1, -0.05) is 30.0 Å². The molecule has 0 unspecified atom stereocenters. The largest absolute Gasteiger partial charge is 0.462 e. The zero-order valence-corrected chi connectivity index (χ0v) is 16.2. The summed E-state index contributed by atoms with van der Waals surface area (Å²) in [6.45, 7) is 7.98. The summed E-state index contributed by atoms with van der Waals surface area (Å²) in [4.78, 5) is 20.0. The van der Waals surface area contributed by atoms with Crippen molar-refractivity contribution in [1.82, 2.24) is 10.4 Å². The minimum absolute atomic E-state index is 0.302. The lowest BCUT2D eigenvalue weighted by atomic mass is 10.1. The number of aryl methyl sites for hydroxylation is 2. The van der Waals surface area contributed by atoms with Crippen molar-refractivity contribution in [2.45, 2.75) is 27.7 Å². The molecule has 0 bridgehead atoms. The van der Waals surface area contributed by atoms with Crippen molar-refractivity contribution in [1.29, 1.82) is 0 Å². The van der Waals surface area contributed by atoms with Gasteiger partial charge in [0, 0.05) is 11.4 Å². The Bertz CT molecular complexity index is 899. The number of aliphatic imine (C=N–C) groups is 1. The molecule has 136 valence electrons. The van der Waals surface area contributed by atoms with E-state index >= 15 is 0 Å². The van der Waals surface area contributed by atoms with Crippen LogP contribution in [0.5, 0.6) is 0 Å². The molecule has 0 atom stereocenters. The second-order valence-corrected chi connectivity index (χ2v) is 6.97. The van der Waals surface area contributed by atoms with Crippen molar-refractivity contribution in [3.8, 4) is 0 Å². The number of nitrogens with one attached hydrogen (secondary N) is 2. The zero-order valence-electron chi connectivity index (χ0n) is 15.3. The third-order valence-corrected chi connectivity index (χ3v) is 5.05. The van der Waals surface area contributed by atoms with E-state index in [1.807, 2.05) is 45.0 Å². The minimum Gasteiger partial charge on any atom is -0.462 e. The van der Waals surface area contributed by atoms with Gasteiger partial charge in [0.1, 0.15) is 0 Å². The van der Waals surface area contributed by atoms with Gasteiger partial charge in [-0.25, -0.2) is 9.79 Å². The van der Waals surface area contributed by atoms with Crippen LogP contribution >= 0.6 is 11.8 Å². The molecule has 2 aromatic rings. The predicted octanol–water partition coefficient (Wildman–Crippen LogP) is 3.84. The second kappa shape index (κ2) is 7.78. The van der Waals surface area contributed by atoms with Gasteiger partial charge in [-0.05, 0) is 44.9 Å². The molecule has 0 saturated heterocycles. The molecule has 0 fully saturated rings. The normalized spacial score (nSPS) is 15.5. The Morgan fingerprint density at radius 2 is 2.08 bits per heavy atom. The molecule has 0 aliphatic carbocycles. The van der Waals surface area contributed by atoms with Gasteiger partial charge in [-0.15, -0.1) is 0 Å². The number of para-hydroxylation sites is 1. The van der Waals surface area contributed by atoms with Gasteiger partial charge in [-0.3, -0.25) is 5.43 Å². The van der Waals surface area contributed by atoms with Gasteiger partial charge in [0.2, 0.25) is 0 Å². The van der Waals surface area contributed by atoms with Crippen LogP contribution in [0, 0.1) is 20.8 Å². The monoisotopic (exact) mass is 370 g/mol. The van der Waals surface area contributed by atoms with Gasteiger partial charge in [0.15, 0.2) is 5.17 Å². The lowest BCUT2D eigenvalue weighted by Gasteiger charge is -2.15.